The van der Waals surface area contributed by atoms with Gasteiger partial charge in [-0.05, 0) is 56.7 Å². The summed E-state index contributed by atoms with van der Waals surface area (Å²) in [6.45, 7) is 12.9. The molecule has 0 spiro atoms. The SMILES string of the molecule is CC(O)COc1ccc2c(c1)c(SC(C)(C)C)c(CC(C)(C)O)n2Cc1ccc(Cl)cc1. The smallest absolute Gasteiger partial charge is 0.120 e. The van der Waals surface area contributed by atoms with Gasteiger partial charge in [-0.25, -0.2) is 0 Å². The molecule has 0 saturated heterocycles. The molecule has 0 aliphatic heterocycles. The van der Waals surface area contributed by atoms with E-state index in [-0.39, 0.29) is 11.4 Å². The van der Waals surface area contributed by atoms with Crippen molar-refractivity contribution in [3.05, 3.63) is 58.7 Å². The van der Waals surface area contributed by atoms with Crippen molar-refractivity contribution < 1.29 is 14.9 Å². The lowest BCUT2D eigenvalue weighted by Gasteiger charge is -2.23. The number of aromatic nitrogens is 1. The minimum Gasteiger partial charge on any atom is -0.491 e. The van der Waals surface area contributed by atoms with Crippen molar-refractivity contribution in [1.82, 2.24) is 4.57 Å². The van der Waals surface area contributed by atoms with Gasteiger partial charge in [0.2, 0.25) is 0 Å². The molecule has 3 aromatic rings. The van der Waals surface area contributed by atoms with E-state index in [0.29, 0.717) is 18.0 Å². The van der Waals surface area contributed by atoms with E-state index >= 15 is 0 Å². The average molecular weight is 476 g/mol. The highest BCUT2D eigenvalue weighted by molar-refractivity contribution is 8.00. The van der Waals surface area contributed by atoms with Crippen LogP contribution in [0.25, 0.3) is 10.9 Å². The molecule has 0 amide bonds. The number of benzene rings is 2. The van der Waals surface area contributed by atoms with E-state index in [1.165, 1.54) is 0 Å². The summed E-state index contributed by atoms with van der Waals surface area (Å²) in [5, 5.41) is 22.2. The van der Waals surface area contributed by atoms with Crippen LogP contribution in [-0.4, -0.2) is 37.8 Å². The lowest BCUT2D eigenvalue weighted by atomic mass is 10.0. The van der Waals surface area contributed by atoms with Gasteiger partial charge in [0.25, 0.3) is 0 Å². The predicted octanol–water partition coefficient (Wildman–Crippen LogP) is 6.31. The number of fused-ring (bicyclic) bond motifs is 1. The normalized spacial score (nSPS) is 13.5. The Morgan fingerprint density at radius 3 is 2.28 bits per heavy atom. The van der Waals surface area contributed by atoms with E-state index in [0.717, 1.165) is 32.8 Å². The molecule has 0 bridgehead atoms. The highest BCUT2D eigenvalue weighted by Gasteiger charge is 2.27. The van der Waals surface area contributed by atoms with Crippen molar-refractivity contribution in [2.24, 2.45) is 0 Å². The first-order chi connectivity index (χ1) is 14.8. The van der Waals surface area contributed by atoms with Crippen LogP contribution in [-0.2, 0) is 13.0 Å². The number of halogens is 1. The molecule has 2 aromatic carbocycles. The number of ether oxygens (including phenoxy) is 1. The standard InChI is InChI=1S/C26H34ClNO3S/c1-17(29)16-31-20-11-12-22-21(13-20)24(32-25(2,3)4)23(14-26(5,6)30)28(22)15-18-7-9-19(27)10-8-18/h7-13,17,29-30H,14-16H2,1-6H3. The van der Waals surface area contributed by atoms with Gasteiger partial charge in [-0.2, -0.15) is 0 Å². The Morgan fingerprint density at radius 1 is 1.06 bits per heavy atom. The predicted molar refractivity (Wildman–Crippen MR) is 135 cm³/mol. The third kappa shape index (κ3) is 6.67. The Bertz CT molecular complexity index is 1060. The maximum atomic E-state index is 10.8. The number of nitrogens with zero attached hydrogens (tertiary/aromatic N) is 1. The van der Waals surface area contributed by atoms with Gasteiger partial charge in [-0.1, -0.05) is 44.5 Å². The van der Waals surface area contributed by atoms with Gasteiger partial charge in [0.1, 0.15) is 12.4 Å². The second kappa shape index (κ2) is 9.68. The van der Waals surface area contributed by atoms with Gasteiger partial charge >= 0.3 is 0 Å². The Labute approximate surface area is 200 Å². The van der Waals surface area contributed by atoms with E-state index in [2.05, 4.69) is 37.5 Å². The molecule has 0 radical (unpaired) electrons. The molecule has 0 saturated carbocycles. The number of thioether (sulfide) groups is 1. The first-order valence-corrected chi connectivity index (χ1v) is 12.1. The van der Waals surface area contributed by atoms with Crippen LogP contribution in [0.1, 0.15) is 52.8 Å². The lowest BCUT2D eigenvalue weighted by molar-refractivity contribution is 0.0785. The molecule has 1 heterocycles. The van der Waals surface area contributed by atoms with Crippen LogP contribution >= 0.6 is 23.4 Å². The molecule has 1 aromatic heterocycles. The summed E-state index contributed by atoms with van der Waals surface area (Å²) in [5.74, 6) is 0.729. The van der Waals surface area contributed by atoms with E-state index in [1.54, 1.807) is 18.7 Å². The van der Waals surface area contributed by atoms with Crippen molar-refractivity contribution in [1.29, 1.82) is 0 Å². The summed E-state index contributed by atoms with van der Waals surface area (Å²) in [7, 11) is 0. The van der Waals surface area contributed by atoms with E-state index < -0.39 is 11.7 Å². The van der Waals surface area contributed by atoms with Gasteiger partial charge < -0.3 is 19.5 Å². The van der Waals surface area contributed by atoms with Crippen LogP contribution < -0.4 is 4.74 Å². The summed E-state index contributed by atoms with van der Waals surface area (Å²) >= 11 is 7.91. The first-order valence-electron chi connectivity index (χ1n) is 10.9. The summed E-state index contributed by atoms with van der Waals surface area (Å²) < 4.78 is 8.09. The fraction of sp³-hybridized carbons (Fsp3) is 0.462. The topological polar surface area (TPSA) is 54.6 Å². The maximum Gasteiger partial charge on any atom is 0.120 e. The second-order valence-electron chi connectivity index (χ2n) is 10.0. The number of hydrogen-bond acceptors (Lipinski definition) is 4. The van der Waals surface area contributed by atoms with Gasteiger partial charge in [0.15, 0.2) is 0 Å². The number of hydrogen-bond donors (Lipinski definition) is 2. The van der Waals surface area contributed by atoms with Gasteiger partial charge in [0.05, 0.1) is 11.7 Å². The minimum absolute atomic E-state index is 0.00971. The molecule has 174 valence electrons. The Kier molecular flexibility index (Phi) is 7.55. The molecule has 0 fully saturated rings. The van der Waals surface area contributed by atoms with Crippen LogP contribution in [0, 0.1) is 0 Å². The molecular formula is C26H34ClNO3S. The van der Waals surface area contributed by atoms with Crippen molar-refractivity contribution in [2.75, 3.05) is 6.61 Å². The zero-order chi connectivity index (χ0) is 23.7. The Morgan fingerprint density at radius 2 is 1.72 bits per heavy atom. The molecule has 1 unspecified atom stereocenters. The third-order valence-electron chi connectivity index (χ3n) is 4.84. The highest BCUT2D eigenvalue weighted by Crippen LogP contribution is 2.43. The second-order valence-corrected chi connectivity index (χ2v) is 12.3. The van der Waals surface area contributed by atoms with Crippen molar-refractivity contribution in [3.63, 3.8) is 0 Å². The molecule has 0 aliphatic rings. The summed E-state index contributed by atoms with van der Waals surface area (Å²) in [4.78, 5) is 1.16. The van der Waals surface area contributed by atoms with Gasteiger partial charge in [-0.15, -0.1) is 11.8 Å². The van der Waals surface area contributed by atoms with Gasteiger partial charge in [-0.3, -0.25) is 0 Å². The third-order valence-corrected chi connectivity index (χ3v) is 6.37. The number of aliphatic hydroxyl groups is 2. The molecule has 3 rings (SSSR count). The molecule has 32 heavy (non-hydrogen) atoms. The van der Waals surface area contributed by atoms with Gasteiger partial charge in [0, 0.05) is 44.2 Å². The quantitative estimate of drug-likeness (QED) is 0.375. The van der Waals surface area contributed by atoms with Crippen LogP contribution in [0.2, 0.25) is 5.02 Å². The Balaban J connectivity index is 2.20. The molecule has 2 N–H and O–H groups in total. The van der Waals surface area contributed by atoms with Crippen LogP contribution in [0.4, 0.5) is 0 Å². The molecule has 6 heteroatoms. The molecular weight excluding hydrogens is 442 g/mol. The lowest BCUT2D eigenvalue weighted by Crippen LogP contribution is -2.24. The number of rotatable bonds is 8. The van der Waals surface area contributed by atoms with E-state index in [1.807, 2.05) is 44.2 Å². The maximum absolute atomic E-state index is 10.8. The summed E-state index contributed by atoms with van der Waals surface area (Å²) in [6.07, 6.45) is -0.00765. The highest BCUT2D eigenvalue weighted by atomic mass is 35.5. The fourth-order valence-corrected chi connectivity index (χ4v) is 4.93. The fourth-order valence-electron chi connectivity index (χ4n) is 3.62. The molecule has 1 atom stereocenters. The summed E-state index contributed by atoms with van der Waals surface area (Å²) in [6, 6.07) is 14.0. The van der Waals surface area contributed by atoms with Crippen LogP contribution in [0.3, 0.4) is 0 Å². The Hall–Kier alpha value is -1.66. The number of aliphatic hydroxyl groups excluding tert-OH is 1. The van der Waals surface area contributed by atoms with E-state index in [4.69, 9.17) is 16.3 Å². The molecule has 0 aliphatic carbocycles. The van der Waals surface area contributed by atoms with Crippen LogP contribution in [0.15, 0.2) is 47.4 Å². The first kappa shape index (κ1) is 25.0. The summed E-state index contributed by atoms with van der Waals surface area (Å²) in [5.41, 5.74) is 2.49. The monoisotopic (exact) mass is 475 g/mol. The van der Waals surface area contributed by atoms with E-state index in [9.17, 15) is 10.2 Å². The minimum atomic E-state index is -0.856. The largest absolute Gasteiger partial charge is 0.491 e. The molecule has 4 nitrogen and oxygen atoms in total. The van der Waals surface area contributed by atoms with Crippen molar-refractivity contribution >= 4 is 34.3 Å². The van der Waals surface area contributed by atoms with Crippen molar-refractivity contribution in [2.45, 2.75) is 75.9 Å². The zero-order valence-corrected chi connectivity index (χ0v) is 21.3. The zero-order valence-electron chi connectivity index (χ0n) is 19.8. The van der Waals surface area contributed by atoms with Crippen molar-refractivity contribution in [3.8, 4) is 5.75 Å². The van der Waals surface area contributed by atoms with Crippen LogP contribution in [0.5, 0.6) is 5.75 Å². The average Bonchev–Trinajstić information content (AvgIpc) is 2.91.